The van der Waals surface area contributed by atoms with Gasteiger partial charge in [-0.25, -0.2) is 0 Å². The number of nitrogens with one attached hydrogen (secondary N) is 1. The van der Waals surface area contributed by atoms with E-state index in [1.54, 1.807) is 25.1 Å². The Kier molecular flexibility index (Phi) is 6.39. The molecule has 0 fully saturated rings. The minimum absolute atomic E-state index is 0.273. The van der Waals surface area contributed by atoms with Crippen molar-refractivity contribution >= 4 is 11.6 Å². The molecule has 0 aliphatic rings. The third kappa shape index (κ3) is 4.47. The molecule has 0 aliphatic carbocycles. The Morgan fingerprint density at radius 2 is 2.14 bits per heavy atom. The molecule has 0 aromatic heterocycles. The summed E-state index contributed by atoms with van der Waals surface area (Å²) >= 11 is 0. The maximum absolute atomic E-state index is 12.3. The lowest BCUT2D eigenvalue weighted by atomic mass is 10.0. The molecule has 1 rings (SSSR count). The van der Waals surface area contributed by atoms with Gasteiger partial charge in [0, 0.05) is 7.11 Å². The van der Waals surface area contributed by atoms with Gasteiger partial charge in [0.15, 0.2) is 0 Å². The number of hydrogen-bond acceptors (Lipinski definition) is 4. The van der Waals surface area contributed by atoms with Crippen LogP contribution in [-0.4, -0.2) is 25.2 Å². The van der Waals surface area contributed by atoms with Crippen LogP contribution in [0.4, 0.5) is 5.69 Å². The fraction of sp³-hybridized carbons (Fsp3) is 0.529. The Hall–Kier alpha value is -2.06. The maximum Gasteiger partial charge on any atom is 0.256 e. The molecule has 120 valence electrons. The van der Waals surface area contributed by atoms with Crippen molar-refractivity contribution in [2.45, 2.75) is 39.7 Å². The highest BCUT2D eigenvalue weighted by Gasteiger charge is 2.31. The van der Waals surface area contributed by atoms with Crippen LogP contribution in [0.25, 0.3) is 0 Å². The number of anilines is 1. The number of nitrogens with zero attached hydrogens (tertiary/aromatic N) is 1. The number of amides is 1. The Labute approximate surface area is 132 Å². The van der Waals surface area contributed by atoms with E-state index in [1.165, 1.54) is 7.11 Å². The van der Waals surface area contributed by atoms with Crippen molar-refractivity contribution < 1.29 is 14.3 Å². The molecule has 0 spiro atoms. The van der Waals surface area contributed by atoms with E-state index in [-0.39, 0.29) is 5.91 Å². The minimum Gasteiger partial charge on any atom is -0.493 e. The molecule has 5 nitrogen and oxygen atoms in total. The van der Waals surface area contributed by atoms with Crippen LogP contribution in [0.5, 0.6) is 5.75 Å². The average molecular weight is 304 g/mol. The zero-order valence-corrected chi connectivity index (χ0v) is 13.9. The summed E-state index contributed by atoms with van der Waals surface area (Å²) in [6, 6.07) is 7.14. The SMILES string of the molecule is CC[C@](C)(OC)C(=O)Nc1ccc(OCC(C)C)cc1C#N. The fourth-order valence-corrected chi connectivity index (χ4v) is 1.73. The summed E-state index contributed by atoms with van der Waals surface area (Å²) in [5.41, 5.74) is -0.0928. The zero-order chi connectivity index (χ0) is 16.8. The molecule has 0 heterocycles. The molecule has 0 aliphatic heterocycles. The van der Waals surface area contributed by atoms with E-state index < -0.39 is 5.60 Å². The highest BCUT2D eigenvalue weighted by atomic mass is 16.5. The highest BCUT2D eigenvalue weighted by Crippen LogP contribution is 2.24. The first kappa shape index (κ1) is 18.0. The smallest absolute Gasteiger partial charge is 0.256 e. The molecule has 1 atom stereocenters. The van der Waals surface area contributed by atoms with Crippen LogP contribution >= 0.6 is 0 Å². The van der Waals surface area contributed by atoms with Crippen LogP contribution in [0.15, 0.2) is 18.2 Å². The summed E-state index contributed by atoms with van der Waals surface area (Å²) in [6.07, 6.45) is 0.535. The Morgan fingerprint density at radius 3 is 2.64 bits per heavy atom. The van der Waals surface area contributed by atoms with Crippen molar-refractivity contribution in [1.82, 2.24) is 0 Å². The van der Waals surface area contributed by atoms with Crippen LogP contribution in [0.2, 0.25) is 0 Å². The number of nitriles is 1. The summed E-state index contributed by atoms with van der Waals surface area (Å²) in [7, 11) is 1.50. The summed E-state index contributed by atoms with van der Waals surface area (Å²) in [5, 5.41) is 12.0. The molecule has 22 heavy (non-hydrogen) atoms. The number of carbonyl (C=O) groups excluding carboxylic acids is 1. The highest BCUT2D eigenvalue weighted by molar-refractivity contribution is 5.98. The summed E-state index contributed by atoms with van der Waals surface area (Å²) in [6.45, 7) is 8.27. The predicted molar refractivity (Wildman–Crippen MR) is 85.8 cm³/mol. The monoisotopic (exact) mass is 304 g/mol. The molecule has 1 N–H and O–H groups in total. The molecule has 5 heteroatoms. The van der Waals surface area contributed by atoms with E-state index in [0.29, 0.717) is 35.9 Å². The Balaban J connectivity index is 2.92. The summed E-state index contributed by atoms with van der Waals surface area (Å²) in [5.74, 6) is 0.745. The van der Waals surface area contributed by atoms with Crippen LogP contribution in [-0.2, 0) is 9.53 Å². The van der Waals surface area contributed by atoms with E-state index in [2.05, 4.69) is 25.2 Å². The van der Waals surface area contributed by atoms with E-state index in [4.69, 9.17) is 9.47 Å². The van der Waals surface area contributed by atoms with Gasteiger partial charge in [-0.1, -0.05) is 20.8 Å². The largest absolute Gasteiger partial charge is 0.493 e. The molecule has 1 amide bonds. The van der Waals surface area contributed by atoms with Gasteiger partial charge in [0.1, 0.15) is 17.4 Å². The first-order valence-corrected chi connectivity index (χ1v) is 7.39. The van der Waals surface area contributed by atoms with Gasteiger partial charge in [0.2, 0.25) is 0 Å². The van der Waals surface area contributed by atoms with Gasteiger partial charge in [-0.2, -0.15) is 5.26 Å². The number of ether oxygens (including phenoxy) is 2. The van der Waals surface area contributed by atoms with Gasteiger partial charge < -0.3 is 14.8 Å². The maximum atomic E-state index is 12.3. The quantitative estimate of drug-likeness (QED) is 0.838. The van der Waals surface area contributed by atoms with Crippen molar-refractivity contribution in [2.24, 2.45) is 5.92 Å². The van der Waals surface area contributed by atoms with Crippen molar-refractivity contribution in [3.63, 3.8) is 0 Å². The minimum atomic E-state index is -0.917. The number of methoxy groups -OCH3 is 1. The summed E-state index contributed by atoms with van der Waals surface area (Å²) in [4.78, 5) is 12.3. The first-order chi connectivity index (χ1) is 10.4. The second-order valence-electron chi connectivity index (χ2n) is 5.77. The molecule has 1 aromatic rings. The lowest BCUT2D eigenvalue weighted by Crippen LogP contribution is -2.41. The van der Waals surface area contributed by atoms with Crippen molar-refractivity contribution in [2.75, 3.05) is 19.0 Å². The topological polar surface area (TPSA) is 71.3 Å². The van der Waals surface area contributed by atoms with Crippen molar-refractivity contribution in [3.8, 4) is 11.8 Å². The molecule has 1 aromatic carbocycles. The fourth-order valence-electron chi connectivity index (χ4n) is 1.73. The van der Waals surface area contributed by atoms with Crippen molar-refractivity contribution in [1.29, 1.82) is 5.26 Å². The second kappa shape index (κ2) is 7.81. The molecule has 0 saturated heterocycles. The van der Waals surface area contributed by atoms with Crippen LogP contribution in [0.1, 0.15) is 39.7 Å². The molecular formula is C17H24N2O3. The standard InChI is InChI=1S/C17H24N2O3/c1-6-17(4,21-5)16(20)19-15-8-7-14(9-13(15)10-18)22-11-12(2)3/h7-9,12H,6,11H2,1-5H3,(H,19,20)/t17-/m0/s1. The number of rotatable bonds is 7. The van der Waals surface area contributed by atoms with E-state index in [1.807, 2.05) is 6.92 Å². The number of benzene rings is 1. The van der Waals surface area contributed by atoms with Gasteiger partial charge in [-0.3, -0.25) is 4.79 Å². The van der Waals surface area contributed by atoms with Crippen LogP contribution in [0, 0.1) is 17.2 Å². The molecule has 0 unspecified atom stereocenters. The Bertz CT molecular complexity index is 558. The normalized spacial score (nSPS) is 13.3. The van der Waals surface area contributed by atoms with E-state index >= 15 is 0 Å². The molecule has 0 radical (unpaired) electrons. The first-order valence-electron chi connectivity index (χ1n) is 7.39. The lowest BCUT2D eigenvalue weighted by Gasteiger charge is -2.25. The van der Waals surface area contributed by atoms with Gasteiger partial charge in [-0.05, 0) is 37.5 Å². The average Bonchev–Trinajstić information content (AvgIpc) is 2.52. The van der Waals surface area contributed by atoms with Gasteiger partial charge >= 0.3 is 0 Å². The van der Waals surface area contributed by atoms with Gasteiger partial charge in [0.25, 0.3) is 5.91 Å². The third-order valence-corrected chi connectivity index (χ3v) is 3.55. The van der Waals surface area contributed by atoms with Crippen LogP contribution < -0.4 is 10.1 Å². The molecule has 0 saturated carbocycles. The van der Waals surface area contributed by atoms with Gasteiger partial charge in [0.05, 0.1) is 17.9 Å². The van der Waals surface area contributed by atoms with Crippen molar-refractivity contribution in [3.05, 3.63) is 23.8 Å². The third-order valence-electron chi connectivity index (χ3n) is 3.55. The van der Waals surface area contributed by atoms with Gasteiger partial charge in [-0.15, -0.1) is 0 Å². The number of carbonyl (C=O) groups is 1. The molecular weight excluding hydrogens is 280 g/mol. The lowest BCUT2D eigenvalue weighted by molar-refractivity contribution is -0.136. The predicted octanol–water partition coefficient (Wildman–Crippen LogP) is 3.35. The zero-order valence-electron chi connectivity index (χ0n) is 13.9. The second-order valence-corrected chi connectivity index (χ2v) is 5.77. The Morgan fingerprint density at radius 1 is 1.45 bits per heavy atom. The summed E-state index contributed by atoms with van der Waals surface area (Å²) < 4.78 is 10.9. The molecule has 0 bridgehead atoms. The van der Waals surface area contributed by atoms with Crippen LogP contribution in [0.3, 0.4) is 0 Å². The van der Waals surface area contributed by atoms with E-state index in [0.717, 1.165) is 0 Å². The number of hydrogen-bond donors (Lipinski definition) is 1. The van der Waals surface area contributed by atoms with E-state index in [9.17, 15) is 10.1 Å².